The summed E-state index contributed by atoms with van der Waals surface area (Å²) in [4.78, 5) is 12.3. The molecule has 0 aliphatic carbocycles. The van der Waals surface area contributed by atoms with Crippen molar-refractivity contribution >= 4 is 5.91 Å². The number of carbonyl (C=O) groups is 1. The van der Waals surface area contributed by atoms with Crippen LogP contribution in [0.5, 0.6) is 11.5 Å². The standard InChI is InChI=1S/C24H25NO3/c1-18(17-28-23-14-12-22(27-2)13-15-23)25-24(26)16-19-8-10-21(11-9-19)20-6-4-3-5-7-20/h3-15,18H,16-17H2,1-2H3,(H,25,26). The fraction of sp³-hybridized carbons (Fsp3) is 0.208. The summed E-state index contributed by atoms with van der Waals surface area (Å²) in [5, 5.41) is 2.98. The number of methoxy groups -OCH3 is 1. The Morgan fingerprint density at radius 3 is 2.11 bits per heavy atom. The van der Waals surface area contributed by atoms with Crippen LogP contribution in [0.2, 0.25) is 0 Å². The summed E-state index contributed by atoms with van der Waals surface area (Å²) in [6.45, 7) is 2.34. The number of hydrogen-bond donors (Lipinski definition) is 1. The molecule has 0 spiro atoms. The van der Waals surface area contributed by atoms with Crippen LogP contribution in [0.3, 0.4) is 0 Å². The third-order valence-electron chi connectivity index (χ3n) is 4.39. The molecule has 4 heteroatoms. The van der Waals surface area contributed by atoms with E-state index < -0.39 is 0 Å². The van der Waals surface area contributed by atoms with Gasteiger partial charge in [0.05, 0.1) is 19.6 Å². The molecule has 0 aliphatic rings. The highest BCUT2D eigenvalue weighted by atomic mass is 16.5. The summed E-state index contributed by atoms with van der Waals surface area (Å²) in [6, 6.07) is 25.6. The average Bonchev–Trinajstić information content (AvgIpc) is 2.74. The monoisotopic (exact) mass is 375 g/mol. The van der Waals surface area contributed by atoms with Crippen molar-refractivity contribution < 1.29 is 14.3 Å². The third-order valence-corrected chi connectivity index (χ3v) is 4.39. The van der Waals surface area contributed by atoms with Gasteiger partial charge in [0.25, 0.3) is 0 Å². The maximum Gasteiger partial charge on any atom is 0.224 e. The topological polar surface area (TPSA) is 47.6 Å². The van der Waals surface area contributed by atoms with Crippen LogP contribution in [-0.2, 0) is 11.2 Å². The lowest BCUT2D eigenvalue weighted by atomic mass is 10.0. The number of nitrogens with one attached hydrogen (secondary N) is 1. The van der Waals surface area contributed by atoms with E-state index in [0.29, 0.717) is 13.0 Å². The molecular weight excluding hydrogens is 350 g/mol. The average molecular weight is 375 g/mol. The Morgan fingerprint density at radius 2 is 1.46 bits per heavy atom. The summed E-state index contributed by atoms with van der Waals surface area (Å²) >= 11 is 0. The molecular formula is C24H25NO3. The zero-order valence-corrected chi connectivity index (χ0v) is 16.2. The smallest absolute Gasteiger partial charge is 0.224 e. The number of amides is 1. The lowest BCUT2D eigenvalue weighted by Crippen LogP contribution is -2.37. The van der Waals surface area contributed by atoms with Crippen LogP contribution in [0.1, 0.15) is 12.5 Å². The van der Waals surface area contributed by atoms with Gasteiger partial charge in [0, 0.05) is 0 Å². The van der Waals surface area contributed by atoms with E-state index in [1.165, 1.54) is 5.56 Å². The van der Waals surface area contributed by atoms with Gasteiger partial charge in [-0.1, -0.05) is 54.6 Å². The van der Waals surface area contributed by atoms with Gasteiger partial charge in [-0.25, -0.2) is 0 Å². The van der Waals surface area contributed by atoms with Crippen molar-refractivity contribution in [2.75, 3.05) is 13.7 Å². The van der Waals surface area contributed by atoms with Crippen LogP contribution >= 0.6 is 0 Å². The Balaban J connectivity index is 1.46. The number of rotatable bonds is 8. The molecule has 1 amide bonds. The first kappa shape index (κ1) is 19.5. The molecule has 1 N–H and O–H groups in total. The fourth-order valence-electron chi connectivity index (χ4n) is 2.89. The normalized spacial score (nSPS) is 11.5. The van der Waals surface area contributed by atoms with Gasteiger partial charge in [-0.15, -0.1) is 0 Å². The molecule has 1 unspecified atom stereocenters. The zero-order chi connectivity index (χ0) is 19.8. The number of ether oxygens (including phenoxy) is 2. The maximum atomic E-state index is 12.3. The SMILES string of the molecule is COc1ccc(OCC(C)NC(=O)Cc2ccc(-c3ccccc3)cc2)cc1. The van der Waals surface area contributed by atoms with E-state index in [2.05, 4.69) is 17.4 Å². The van der Waals surface area contributed by atoms with E-state index in [1.807, 2.05) is 73.7 Å². The van der Waals surface area contributed by atoms with E-state index >= 15 is 0 Å². The van der Waals surface area contributed by atoms with Gasteiger partial charge in [-0.05, 0) is 47.9 Å². The van der Waals surface area contributed by atoms with E-state index in [-0.39, 0.29) is 11.9 Å². The van der Waals surface area contributed by atoms with E-state index in [4.69, 9.17) is 9.47 Å². The quantitative estimate of drug-likeness (QED) is 0.631. The minimum atomic E-state index is -0.0850. The number of hydrogen-bond acceptors (Lipinski definition) is 3. The molecule has 3 rings (SSSR count). The first-order chi connectivity index (χ1) is 13.6. The number of benzene rings is 3. The van der Waals surface area contributed by atoms with Crippen molar-refractivity contribution in [2.24, 2.45) is 0 Å². The molecule has 3 aromatic carbocycles. The largest absolute Gasteiger partial charge is 0.497 e. The molecule has 28 heavy (non-hydrogen) atoms. The second-order valence-corrected chi connectivity index (χ2v) is 6.69. The second-order valence-electron chi connectivity index (χ2n) is 6.69. The van der Waals surface area contributed by atoms with Crippen molar-refractivity contribution in [1.29, 1.82) is 0 Å². The molecule has 0 bridgehead atoms. The van der Waals surface area contributed by atoms with Crippen molar-refractivity contribution in [3.8, 4) is 22.6 Å². The van der Waals surface area contributed by atoms with Crippen molar-refractivity contribution in [3.05, 3.63) is 84.4 Å². The van der Waals surface area contributed by atoms with Crippen molar-refractivity contribution in [2.45, 2.75) is 19.4 Å². The first-order valence-corrected chi connectivity index (χ1v) is 9.34. The van der Waals surface area contributed by atoms with Gasteiger partial charge in [-0.3, -0.25) is 4.79 Å². The van der Waals surface area contributed by atoms with Crippen LogP contribution < -0.4 is 14.8 Å². The summed E-state index contributed by atoms with van der Waals surface area (Å²) in [6.07, 6.45) is 0.349. The Kier molecular flexibility index (Phi) is 6.68. The van der Waals surface area contributed by atoms with E-state index in [9.17, 15) is 4.79 Å². The molecule has 1 atom stereocenters. The first-order valence-electron chi connectivity index (χ1n) is 9.34. The molecule has 0 radical (unpaired) electrons. The molecule has 0 fully saturated rings. The molecule has 0 aliphatic heterocycles. The minimum Gasteiger partial charge on any atom is -0.497 e. The zero-order valence-electron chi connectivity index (χ0n) is 16.2. The maximum absolute atomic E-state index is 12.3. The van der Waals surface area contributed by atoms with E-state index in [0.717, 1.165) is 22.6 Å². The lowest BCUT2D eigenvalue weighted by Gasteiger charge is -2.15. The van der Waals surface area contributed by atoms with Gasteiger partial charge in [0.1, 0.15) is 18.1 Å². The van der Waals surface area contributed by atoms with Crippen LogP contribution in [-0.4, -0.2) is 25.7 Å². The van der Waals surface area contributed by atoms with Crippen LogP contribution in [0.15, 0.2) is 78.9 Å². The van der Waals surface area contributed by atoms with Gasteiger partial charge in [-0.2, -0.15) is 0 Å². The van der Waals surface area contributed by atoms with Gasteiger partial charge >= 0.3 is 0 Å². The van der Waals surface area contributed by atoms with Crippen molar-refractivity contribution in [3.63, 3.8) is 0 Å². The molecule has 3 aromatic rings. The van der Waals surface area contributed by atoms with Gasteiger partial charge < -0.3 is 14.8 Å². The highest BCUT2D eigenvalue weighted by molar-refractivity contribution is 5.79. The summed E-state index contributed by atoms with van der Waals surface area (Å²) in [5.41, 5.74) is 3.30. The van der Waals surface area contributed by atoms with Gasteiger partial charge in [0.2, 0.25) is 5.91 Å². The van der Waals surface area contributed by atoms with Gasteiger partial charge in [0.15, 0.2) is 0 Å². The predicted molar refractivity (Wildman–Crippen MR) is 112 cm³/mol. The Morgan fingerprint density at radius 1 is 0.857 bits per heavy atom. The molecule has 0 heterocycles. The predicted octanol–water partition coefficient (Wildman–Crippen LogP) is 4.49. The molecule has 0 saturated heterocycles. The van der Waals surface area contributed by atoms with Crippen LogP contribution in [0, 0.1) is 0 Å². The summed E-state index contributed by atoms with van der Waals surface area (Å²) in [5.74, 6) is 1.52. The Hall–Kier alpha value is -3.27. The van der Waals surface area contributed by atoms with E-state index in [1.54, 1.807) is 7.11 Å². The van der Waals surface area contributed by atoms with Crippen LogP contribution in [0.4, 0.5) is 0 Å². The Bertz CT molecular complexity index is 874. The molecule has 0 saturated carbocycles. The fourth-order valence-corrected chi connectivity index (χ4v) is 2.89. The third kappa shape index (κ3) is 5.61. The van der Waals surface area contributed by atoms with Crippen molar-refractivity contribution in [1.82, 2.24) is 5.32 Å². The Labute approximate surface area is 166 Å². The minimum absolute atomic E-state index is 0.0155. The van der Waals surface area contributed by atoms with Crippen LogP contribution in [0.25, 0.3) is 11.1 Å². The summed E-state index contributed by atoms with van der Waals surface area (Å²) < 4.78 is 10.8. The second kappa shape index (κ2) is 9.60. The lowest BCUT2D eigenvalue weighted by molar-refractivity contribution is -0.121. The molecule has 144 valence electrons. The highest BCUT2D eigenvalue weighted by Crippen LogP contribution is 2.19. The number of carbonyl (C=O) groups excluding carboxylic acids is 1. The summed E-state index contributed by atoms with van der Waals surface area (Å²) in [7, 11) is 1.63. The highest BCUT2D eigenvalue weighted by Gasteiger charge is 2.09. The molecule has 0 aromatic heterocycles. The molecule has 4 nitrogen and oxygen atoms in total.